The molecule has 0 radical (unpaired) electrons. The molecule has 3 aromatic rings. The SMILES string of the molecule is C.CC(N)=NCc1ccc(F)c([131I])c1.CC(N)=NCc1ccc([131I])cc1.CC(N)=NCc1cccc([18F])c1. The molecule has 3 rings (SSSR count). The van der Waals surface area contributed by atoms with Crippen molar-refractivity contribution in [2.75, 3.05) is 0 Å². The van der Waals surface area contributed by atoms with E-state index >= 15 is 0 Å². The number of amidine groups is 3. The summed E-state index contributed by atoms with van der Waals surface area (Å²) >= 11 is 4.23. The van der Waals surface area contributed by atoms with Crippen molar-refractivity contribution in [2.45, 2.75) is 47.8 Å². The largest absolute Gasteiger partial charge is 0.388 e. The van der Waals surface area contributed by atoms with E-state index in [-0.39, 0.29) is 19.1 Å². The van der Waals surface area contributed by atoms with E-state index in [0.29, 0.717) is 40.7 Å². The lowest BCUT2D eigenvalue weighted by Crippen LogP contribution is -2.05. The zero-order valence-electron chi connectivity index (χ0n) is 21.1. The molecule has 0 aliphatic carbocycles. The molecule has 206 valence electrons. The van der Waals surface area contributed by atoms with Gasteiger partial charge in [0.25, 0.3) is 0 Å². The minimum Gasteiger partial charge on any atom is -0.388 e. The maximum absolute atomic E-state index is 12.8. The van der Waals surface area contributed by atoms with Gasteiger partial charge >= 0.3 is 0 Å². The molecule has 0 saturated carbocycles. The van der Waals surface area contributed by atoms with Crippen LogP contribution in [0.2, 0.25) is 0 Å². The average molecular weight is 755 g/mol. The summed E-state index contributed by atoms with van der Waals surface area (Å²) in [7, 11) is 0. The number of benzene rings is 3. The van der Waals surface area contributed by atoms with Crippen molar-refractivity contribution < 1.29 is 8.78 Å². The number of halogens is 4. The molecule has 6 N–H and O–H groups in total. The number of aliphatic imine (C=N–C) groups is 3. The van der Waals surface area contributed by atoms with Gasteiger partial charge in [-0.3, -0.25) is 15.0 Å². The molecule has 0 heterocycles. The maximum Gasteiger partial charge on any atom is 0.136 e. The Kier molecular flexibility index (Phi) is 18.1. The van der Waals surface area contributed by atoms with Crippen LogP contribution in [-0.2, 0) is 19.6 Å². The second-order valence-electron chi connectivity index (χ2n) is 7.88. The molecular weight excluding hydrogens is 719 g/mol. The van der Waals surface area contributed by atoms with Crippen LogP contribution in [0.4, 0.5) is 8.78 Å². The number of hydrogen-bond acceptors (Lipinski definition) is 3. The summed E-state index contributed by atoms with van der Waals surface area (Å²) in [6.45, 7) is 6.87. The number of nitrogens with zero attached hydrogens (tertiary/aromatic N) is 3. The van der Waals surface area contributed by atoms with E-state index in [0.717, 1.165) is 11.1 Å². The Hall–Kier alpha value is -2.61. The molecule has 0 aliphatic rings. The standard InChI is InChI=1S/C9H10FIN2.C9H11FN2.C9H11IN2.CH4/c1-6(12)13-5-7-2-3-8(10)9(11)4-7;1-7(11)12-6-8-3-2-4-9(10)5-8;1-7(11)12-6-8-2-4-9(10)5-3-8;/h2-4H,5H2,1H3,(H2,12,13);2*2-5H,6H2,1H3,(H2,11,12);1H4/i11+4;10-1;10+4;. The van der Waals surface area contributed by atoms with Crippen molar-refractivity contribution >= 4 is 62.7 Å². The molecule has 0 bridgehead atoms. The first-order valence-electron chi connectivity index (χ1n) is 11.2. The van der Waals surface area contributed by atoms with Crippen LogP contribution in [0, 0.1) is 18.8 Å². The highest BCUT2D eigenvalue weighted by molar-refractivity contribution is 14.1. The van der Waals surface area contributed by atoms with E-state index in [1.165, 1.54) is 27.3 Å². The van der Waals surface area contributed by atoms with E-state index < -0.39 is 0 Å². The molecule has 10 heteroatoms. The summed E-state index contributed by atoms with van der Waals surface area (Å²) < 4.78 is 27.3. The van der Waals surface area contributed by atoms with E-state index in [9.17, 15) is 8.78 Å². The van der Waals surface area contributed by atoms with Gasteiger partial charge in [-0.1, -0.05) is 37.8 Å². The quantitative estimate of drug-likeness (QED) is 0.146. The third-order valence-electron chi connectivity index (χ3n) is 4.32. The van der Waals surface area contributed by atoms with Crippen LogP contribution in [0.15, 0.2) is 81.7 Å². The molecule has 6 nitrogen and oxygen atoms in total. The van der Waals surface area contributed by atoms with Gasteiger partial charge in [0.1, 0.15) is 11.6 Å². The Balaban J connectivity index is 0.000000534. The van der Waals surface area contributed by atoms with Crippen LogP contribution in [0.5, 0.6) is 0 Å². The molecule has 38 heavy (non-hydrogen) atoms. The lowest BCUT2D eigenvalue weighted by Gasteiger charge is -1.99. The minimum atomic E-state index is -0.239. The first-order valence-corrected chi connectivity index (χ1v) is 13.3. The summed E-state index contributed by atoms with van der Waals surface area (Å²) in [6.07, 6.45) is 0. The first-order chi connectivity index (χ1) is 17.5. The van der Waals surface area contributed by atoms with Crippen molar-refractivity contribution in [3.05, 3.63) is 102 Å². The van der Waals surface area contributed by atoms with Gasteiger partial charge < -0.3 is 17.2 Å². The monoisotopic (exact) mass is 755 g/mol. The van der Waals surface area contributed by atoms with Crippen molar-refractivity contribution in [2.24, 2.45) is 32.2 Å². The third kappa shape index (κ3) is 17.0. The fourth-order valence-corrected chi connectivity index (χ4v) is 3.45. The fourth-order valence-electron chi connectivity index (χ4n) is 2.51. The lowest BCUT2D eigenvalue weighted by atomic mass is 10.2. The first kappa shape index (κ1) is 35.4. The molecule has 0 amide bonds. The van der Waals surface area contributed by atoms with Crippen LogP contribution < -0.4 is 17.2 Å². The smallest absolute Gasteiger partial charge is 0.136 e. The van der Waals surface area contributed by atoms with Crippen LogP contribution >= 0.6 is 45.2 Å². The van der Waals surface area contributed by atoms with Gasteiger partial charge in [0, 0.05) is 7.14 Å². The number of nitrogens with two attached hydrogens (primary N) is 3. The van der Waals surface area contributed by atoms with Crippen molar-refractivity contribution in [3.63, 3.8) is 0 Å². The molecule has 0 spiro atoms. The van der Waals surface area contributed by atoms with Gasteiger partial charge in [0.15, 0.2) is 0 Å². The molecule has 0 atom stereocenters. The highest BCUT2D eigenvalue weighted by Gasteiger charge is 1.99. The van der Waals surface area contributed by atoms with Gasteiger partial charge in [-0.25, -0.2) is 8.78 Å². The maximum atomic E-state index is 12.8. The highest BCUT2D eigenvalue weighted by atomic mass is 131. The summed E-state index contributed by atoms with van der Waals surface area (Å²) in [4.78, 5) is 12.1. The van der Waals surface area contributed by atoms with Crippen LogP contribution in [-0.4, -0.2) is 17.5 Å². The molecule has 0 aliphatic heterocycles. The minimum absolute atomic E-state index is 0. The Labute approximate surface area is 252 Å². The van der Waals surface area contributed by atoms with E-state index in [4.69, 9.17) is 17.2 Å². The summed E-state index contributed by atoms with van der Waals surface area (Å²) in [5.41, 5.74) is 19.1. The zero-order valence-corrected chi connectivity index (χ0v) is 25.4. The molecule has 0 unspecified atom stereocenters. The van der Waals surface area contributed by atoms with Gasteiger partial charge in [-0.05, 0) is 119 Å². The Bertz CT molecular complexity index is 1200. The molecular formula is C28H36F2I2N6. The topological polar surface area (TPSA) is 115 Å². The van der Waals surface area contributed by atoms with Gasteiger partial charge in [0.2, 0.25) is 0 Å². The molecule has 0 fully saturated rings. The van der Waals surface area contributed by atoms with Crippen LogP contribution in [0.25, 0.3) is 0 Å². The zero-order chi connectivity index (χ0) is 27.8. The molecule has 0 saturated heterocycles. The van der Waals surface area contributed by atoms with E-state index in [2.05, 4.69) is 61.8 Å². The fraction of sp³-hybridized carbons (Fsp3) is 0.250. The van der Waals surface area contributed by atoms with E-state index in [1.807, 2.05) is 28.7 Å². The predicted molar refractivity (Wildman–Crippen MR) is 174 cm³/mol. The Morgan fingerprint density at radius 3 is 1.55 bits per heavy atom. The Morgan fingerprint density at radius 2 is 1.11 bits per heavy atom. The van der Waals surface area contributed by atoms with Gasteiger partial charge in [-0.2, -0.15) is 0 Å². The molecule has 3 aromatic carbocycles. The number of rotatable bonds is 6. The van der Waals surface area contributed by atoms with Gasteiger partial charge in [-0.15, -0.1) is 0 Å². The lowest BCUT2D eigenvalue weighted by molar-refractivity contribution is 0.619. The van der Waals surface area contributed by atoms with E-state index in [1.54, 1.807) is 39.0 Å². The molecule has 0 aromatic heterocycles. The predicted octanol–water partition coefficient (Wildman–Crippen LogP) is 6.81. The van der Waals surface area contributed by atoms with Crippen molar-refractivity contribution in [1.29, 1.82) is 0 Å². The summed E-state index contributed by atoms with van der Waals surface area (Å²) in [5, 5.41) is 0. The third-order valence-corrected chi connectivity index (χ3v) is 5.87. The van der Waals surface area contributed by atoms with Crippen molar-refractivity contribution in [1.82, 2.24) is 0 Å². The van der Waals surface area contributed by atoms with Crippen LogP contribution in [0.3, 0.4) is 0 Å². The highest BCUT2D eigenvalue weighted by Crippen LogP contribution is 2.13. The second kappa shape index (κ2) is 19.5. The number of hydrogen-bond donors (Lipinski definition) is 3. The summed E-state index contributed by atoms with van der Waals surface area (Å²) in [5.74, 6) is 1.25. The normalized spacial score (nSPS) is 11.4. The van der Waals surface area contributed by atoms with Crippen LogP contribution in [0.1, 0.15) is 44.9 Å². The summed E-state index contributed by atoms with van der Waals surface area (Å²) in [6, 6.07) is 19.5. The van der Waals surface area contributed by atoms with Crippen molar-refractivity contribution in [3.8, 4) is 0 Å². The second-order valence-corrected chi connectivity index (χ2v) is 10.3. The Morgan fingerprint density at radius 1 is 0.658 bits per heavy atom. The van der Waals surface area contributed by atoms with Gasteiger partial charge in [0.05, 0.1) is 37.1 Å². The average Bonchev–Trinajstić information content (AvgIpc) is 2.84.